The Morgan fingerprint density at radius 2 is 1.67 bits per heavy atom. The summed E-state index contributed by atoms with van der Waals surface area (Å²) in [6.45, 7) is 0.182. The second kappa shape index (κ2) is 7.07. The van der Waals surface area contributed by atoms with Gasteiger partial charge in [-0.25, -0.2) is 0 Å². The van der Waals surface area contributed by atoms with E-state index in [0.29, 0.717) is 5.69 Å². The SMILES string of the molecule is O=C(Cc1c[nH]c2ccccc12)Nc1ccccc1CN1C(=O)CCC1=O. The molecule has 0 aliphatic carbocycles. The van der Waals surface area contributed by atoms with Crippen LogP contribution < -0.4 is 5.32 Å². The molecule has 0 bridgehead atoms. The fourth-order valence-electron chi connectivity index (χ4n) is 3.39. The molecule has 1 aromatic heterocycles. The zero-order valence-corrected chi connectivity index (χ0v) is 14.7. The molecule has 27 heavy (non-hydrogen) atoms. The molecule has 3 aromatic rings. The first kappa shape index (κ1) is 17.0. The van der Waals surface area contributed by atoms with Crippen molar-refractivity contribution in [2.75, 3.05) is 5.32 Å². The number of aromatic amines is 1. The molecule has 0 unspecified atom stereocenters. The number of para-hydroxylation sites is 2. The summed E-state index contributed by atoms with van der Waals surface area (Å²) in [5, 5.41) is 3.94. The standard InChI is InChI=1S/C21H19N3O3/c25-19(11-15-12-22-18-8-4-2-6-16(15)18)23-17-7-3-1-5-14(17)13-24-20(26)9-10-21(24)27/h1-8,12,22H,9-11,13H2,(H,23,25). The average molecular weight is 361 g/mol. The van der Waals surface area contributed by atoms with E-state index < -0.39 is 0 Å². The molecule has 1 aliphatic rings. The summed E-state index contributed by atoms with van der Waals surface area (Å²) < 4.78 is 0. The number of likely N-dealkylation sites (tertiary alicyclic amines) is 1. The number of aromatic nitrogens is 1. The number of rotatable bonds is 5. The lowest BCUT2D eigenvalue weighted by Crippen LogP contribution is -2.29. The molecule has 2 heterocycles. The van der Waals surface area contributed by atoms with Crippen LogP contribution in [0.1, 0.15) is 24.0 Å². The summed E-state index contributed by atoms with van der Waals surface area (Å²) in [6.07, 6.45) is 2.60. The summed E-state index contributed by atoms with van der Waals surface area (Å²) >= 11 is 0. The molecule has 6 heteroatoms. The molecular weight excluding hydrogens is 342 g/mol. The summed E-state index contributed by atoms with van der Waals surface area (Å²) in [4.78, 5) is 40.7. The van der Waals surface area contributed by atoms with Crippen molar-refractivity contribution < 1.29 is 14.4 Å². The monoisotopic (exact) mass is 361 g/mol. The van der Waals surface area contributed by atoms with Gasteiger partial charge >= 0.3 is 0 Å². The molecule has 0 radical (unpaired) electrons. The fourth-order valence-corrected chi connectivity index (χ4v) is 3.39. The number of anilines is 1. The van der Waals surface area contributed by atoms with E-state index in [-0.39, 0.29) is 43.5 Å². The van der Waals surface area contributed by atoms with E-state index >= 15 is 0 Å². The van der Waals surface area contributed by atoms with E-state index in [4.69, 9.17) is 0 Å². The van der Waals surface area contributed by atoms with Crippen LogP contribution in [-0.4, -0.2) is 27.6 Å². The molecule has 2 aromatic carbocycles. The predicted molar refractivity (Wildman–Crippen MR) is 102 cm³/mol. The van der Waals surface area contributed by atoms with Gasteiger partial charge in [0.25, 0.3) is 0 Å². The molecule has 3 amide bonds. The van der Waals surface area contributed by atoms with Crippen LogP contribution in [0.15, 0.2) is 54.7 Å². The van der Waals surface area contributed by atoms with E-state index in [1.165, 1.54) is 4.90 Å². The highest BCUT2D eigenvalue weighted by atomic mass is 16.2. The van der Waals surface area contributed by atoms with Crippen molar-refractivity contribution in [3.63, 3.8) is 0 Å². The van der Waals surface area contributed by atoms with Crippen molar-refractivity contribution >= 4 is 34.3 Å². The van der Waals surface area contributed by atoms with E-state index in [0.717, 1.165) is 22.0 Å². The molecule has 1 saturated heterocycles. The van der Waals surface area contributed by atoms with E-state index in [1.807, 2.05) is 48.7 Å². The normalized spacial score (nSPS) is 14.1. The number of H-pyrrole nitrogens is 1. The third kappa shape index (κ3) is 3.46. The maximum Gasteiger partial charge on any atom is 0.229 e. The van der Waals surface area contributed by atoms with Gasteiger partial charge in [-0.05, 0) is 23.3 Å². The van der Waals surface area contributed by atoms with Crippen LogP contribution in [0.5, 0.6) is 0 Å². The maximum atomic E-state index is 12.6. The van der Waals surface area contributed by atoms with Gasteiger partial charge in [-0.2, -0.15) is 0 Å². The van der Waals surface area contributed by atoms with Crippen molar-refractivity contribution in [3.8, 4) is 0 Å². The zero-order valence-electron chi connectivity index (χ0n) is 14.7. The minimum absolute atomic E-state index is 0.147. The van der Waals surface area contributed by atoms with Crippen molar-refractivity contribution in [2.45, 2.75) is 25.8 Å². The van der Waals surface area contributed by atoms with E-state index in [2.05, 4.69) is 10.3 Å². The molecule has 1 fully saturated rings. The second-order valence-corrected chi connectivity index (χ2v) is 6.62. The van der Waals surface area contributed by atoms with Gasteiger partial charge in [0.05, 0.1) is 13.0 Å². The summed E-state index contributed by atoms with van der Waals surface area (Å²) in [6, 6.07) is 15.1. The van der Waals surface area contributed by atoms with Gasteiger partial charge in [0.1, 0.15) is 0 Å². The number of carbonyl (C=O) groups is 3. The molecule has 0 saturated carbocycles. The van der Waals surface area contributed by atoms with Crippen LogP contribution in [0.2, 0.25) is 0 Å². The third-order valence-corrected chi connectivity index (χ3v) is 4.80. The summed E-state index contributed by atoms with van der Waals surface area (Å²) in [5.41, 5.74) is 3.28. The van der Waals surface area contributed by atoms with Crippen molar-refractivity contribution in [2.24, 2.45) is 0 Å². The number of hydrogen-bond donors (Lipinski definition) is 2. The van der Waals surface area contributed by atoms with Crippen molar-refractivity contribution in [1.29, 1.82) is 0 Å². The number of nitrogens with zero attached hydrogens (tertiary/aromatic N) is 1. The number of hydrogen-bond acceptors (Lipinski definition) is 3. The highest BCUT2D eigenvalue weighted by Crippen LogP contribution is 2.23. The Kier molecular flexibility index (Phi) is 4.46. The zero-order chi connectivity index (χ0) is 18.8. The molecule has 0 atom stereocenters. The van der Waals surface area contributed by atoms with Crippen LogP contribution in [0.3, 0.4) is 0 Å². The minimum atomic E-state index is -0.167. The van der Waals surface area contributed by atoms with Gasteiger partial charge in [0.2, 0.25) is 17.7 Å². The van der Waals surface area contributed by atoms with Crippen LogP contribution in [0.25, 0.3) is 10.9 Å². The first-order chi connectivity index (χ1) is 13.1. The van der Waals surface area contributed by atoms with Crippen molar-refractivity contribution in [3.05, 3.63) is 65.9 Å². The van der Waals surface area contributed by atoms with Crippen LogP contribution >= 0.6 is 0 Å². The highest BCUT2D eigenvalue weighted by molar-refractivity contribution is 6.02. The lowest BCUT2D eigenvalue weighted by Gasteiger charge is -2.17. The maximum absolute atomic E-state index is 12.6. The van der Waals surface area contributed by atoms with Gasteiger partial charge < -0.3 is 10.3 Å². The number of carbonyl (C=O) groups excluding carboxylic acids is 3. The average Bonchev–Trinajstić information content (AvgIpc) is 3.21. The Morgan fingerprint density at radius 3 is 2.48 bits per heavy atom. The van der Waals surface area contributed by atoms with Crippen LogP contribution in [0.4, 0.5) is 5.69 Å². The molecule has 4 rings (SSSR count). The number of amides is 3. The second-order valence-electron chi connectivity index (χ2n) is 6.62. The Bertz CT molecular complexity index is 1020. The molecule has 1 aliphatic heterocycles. The number of imide groups is 1. The Hall–Kier alpha value is -3.41. The molecule has 0 spiro atoms. The molecule has 2 N–H and O–H groups in total. The quantitative estimate of drug-likeness (QED) is 0.686. The Labute approximate surface area is 156 Å². The molecule has 136 valence electrons. The summed E-state index contributed by atoms with van der Waals surface area (Å²) in [5.74, 6) is -0.480. The van der Waals surface area contributed by atoms with Crippen LogP contribution in [-0.2, 0) is 27.3 Å². The summed E-state index contributed by atoms with van der Waals surface area (Å²) in [7, 11) is 0. The third-order valence-electron chi connectivity index (χ3n) is 4.80. The topological polar surface area (TPSA) is 82.3 Å². The van der Waals surface area contributed by atoms with Gasteiger partial charge in [-0.1, -0.05) is 36.4 Å². The van der Waals surface area contributed by atoms with E-state index in [1.54, 1.807) is 6.07 Å². The largest absolute Gasteiger partial charge is 0.361 e. The van der Waals surface area contributed by atoms with Gasteiger partial charge in [-0.15, -0.1) is 0 Å². The van der Waals surface area contributed by atoms with Gasteiger partial charge in [-0.3, -0.25) is 19.3 Å². The minimum Gasteiger partial charge on any atom is -0.361 e. The Balaban J connectivity index is 1.50. The molecule has 6 nitrogen and oxygen atoms in total. The molecular formula is C21H19N3O3. The lowest BCUT2D eigenvalue weighted by atomic mass is 10.1. The predicted octanol–water partition coefficient (Wildman–Crippen LogP) is 3.00. The van der Waals surface area contributed by atoms with Gasteiger partial charge in [0, 0.05) is 35.6 Å². The fraction of sp³-hybridized carbons (Fsp3) is 0.190. The lowest BCUT2D eigenvalue weighted by molar-refractivity contribution is -0.139. The number of nitrogens with one attached hydrogen (secondary N) is 2. The number of fused-ring (bicyclic) bond motifs is 1. The highest BCUT2D eigenvalue weighted by Gasteiger charge is 2.29. The van der Waals surface area contributed by atoms with Crippen molar-refractivity contribution in [1.82, 2.24) is 9.88 Å². The van der Waals surface area contributed by atoms with E-state index in [9.17, 15) is 14.4 Å². The Morgan fingerprint density at radius 1 is 0.963 bits per heavy atom. The first-order valence-corrected chi connectivity index (χ1v) is 8.88. The number of benzene rings is 2. The smallest absolute Gasteiger partial charge is 0.229 e. The first-order valence-electron chi connectivity index (χ1n) is 8.88. The van der Waals surface area contributed by atoms with Gasteiger partial charge in [0.15, 0.2) is 0 Å². The van der Waals surface area contributed by atoms with Crippen LogP contribution in [0, 0.1) is 0 Å².